The van der Waals surface area contributed by atoms with Crippen molar-refractivity contribution in [2.24, 2.45) is 0 Å². The SMILES string of the molecule is Cc1cn(C2CC(OP(=O)(O)OCCCCCOc3ccc4cc5cc(OCCCCCOP(=O)(O)OC6CC(n7cc(C)c(=O)[nH]c7=O)OC6CO)ccc5cc4c3)C(CO)O2)c(=O)[nH]c1=O. The number of phosphoric acid groups is 2. The number of phosphoric ester groups is 2. The number of ether oxygens (including phenoxy) is 4. The number of aliphatic hydroxyl groups excluding tert-OH is 2. The van der Waals surface area contributed by atoms with Gasteiger partial charge in [0.25, 0.3) is 11.1 Å². The van der Waals surface area contributed by atoms with E-state index in [1.165, 1.54) is 26.2 Å². The number of nitrogens with zero attached hydrogens (tertiary/aromatic N) is 2. The first-order chi connectivity index (χ1) is 32.5. The molecule has 2 saturated heterocycles. The lowest BCUT2D eigenvalue weighted by Crippen LogP contribution is -2.33. The lowest BCUT2D eigenvalue weighted by atomic mass is 10.0. The highest BCUT2D eigenvalue weighted by Gasteiger charge is 2.43. The van der Waals surface area contributed by atoms with Gasteiger partial charge in [-0.15, -0.1) is 0 Å². The Kier molecular flexibility index (Phi) is 17.1. The zero-order chi connectivity index (χ0) is 48.6. The summed E-state index contributed by atoms with van der Waals surface area (Å²) in [5.41, 5.74) is -1.97. The third-order valence-corrected chi connectivity index (χ3v) is 13.6. The molecule has 2 fully saturated rings. The number of aliphatic hydroxyl groups is 2. The number of unbranched alkanes of at least 4 members (excludes halogenated alkanes) is 4. The number of hydrogen-bond acceptors (Lipinski definition) is 16. The van der Waals surface area contributed by atoms with Gasteiger partial charge >= 0.3 is 27.0 Å². The van der Waals surface area contributed by atoms with Gasteiger partial charge in [0.05, 0.1) is 39.6 Å². The quantitative estimate of drug-likeness (QED) is 0.0284. The number of H-pyrrole nitrogens is 2. The Balaban J connectivity index is 0.776. The Morgan fingerprint density at radius 1 is 0.588 bits per heavy atom. The number of rotatable bonds is 24. The maximum absolute atomic E-state index is 12.7. The summed E-state index contributed by atoms with van der Waals surface area (Å²) in [6.07, 6.45) is 0.138. The van der Waals surface area contributed by atoms with Crippen molar-refractivity contribution in [1.29, 1.82) is 0 Å². The van der Waals surface area contributed by atoms with Crippen LogP contribution in [0.5, 0.6) is 11.5 Å². The summed E-state index contributed by atoms with van der Waals surface area (Å²) in [5, 5.41) is 23.5. The summed E-state index contributed by atoms with van der Waals surface area (Å²) in [6.45, 7) is 2.68. The molecule has 68 heavy (non-hydrogen) atoms. The minimum atomic E-state index is -4.53. The van der Waals surface area contributed by atoms with Crippen molar-refractivity contribution in [1.82, 2.24) is 19.1 Å². The van der Waals surface area contributed by atoms with E-state index in [1.807, 2.05) is 36.4 Å². The molecule has 0 saturated carbocycles. The van der Waals surface area contributed by atoms with Crippen molar-refractivity contribution >= 4 is 37.2 Å². The molecule has 22 nitrogen and oxygen atoms in total. The van der Waals surface area contributed by atoms with Crippen LogP contribution in [0.3, 0.4) is 0 Å². The average molecular weight is 991 g/mol. The molecular formula is C44H56N4O18P2. The van der Waals surface area contributed by atoms with E-state index >= 15 is 0 Å². The second-order valence-corrected chi connectivity index (χ2v) is 19.4. The molecule has 0 aliphatic carbocycles. The van der Waals surface area contributed by atoms with E-state index in [0.717, 1.165) is 30.7 Å². The molecule has 8 unspecified atom stereocenters. The molecule has 7 rings (SSSR count). The van der Waals surface area contributed by atoms with E-state index in [1.54, 1.807) is 0 Å². The molecule has 8 atom stereocenters. The maximum atomic E-state index is 12.7. The van der Waals surface area contributed by atoms with Gasteiger partial charge in [-0.25, -0.2) is 18.7 Å². The van der Waals surface area contributed by atoms with Crippen LogP contribution < -0.4 is 32.0 Å². The molecule has 0 amide bonds. The largest absolute Gasteiger partial charge is 0.494 e. The molecule has 0 spiro atoms. The van der Waals surface area contributed by atoms with Gasteiger partial charge in [-0.3, -0.25) is 46.8 Å². The summed E-state index contributed by atoms with van der Waals surface area (Å²) < 4.78 is 72.0. The van der Waals surface area contributed by atoms with Crippen molar-refractivity contribution in [3.05, 3.63) is 114 Å². The summed E-state index contributed by atoms with van der Waals surface area (Å²) in [4.78, 5) is 73.1. The molecule has 2 aromatic heterocycles. The van der Waals surface area contributed by atoms with E-state index < -0.39 is 88.2 Å². The molecular weight excluding hydrogens is 934 g/mol. The van der Waals surface area contributed by atoms with Crippen LogP contribution >= 0.6 is 15.6 Å². The van der Waals surface area contributed by atoms with Gasteiger partial charge in [0, 0.05) is 36.4 Å². The molecule has 0 radical (unpaired) electrons. The van der Waals surface area contributed by atoms with E-state index in [0.29, 0.717) is 63.2 Å². The van der Waals surface area contributed by atoms with Crippen molar-refractivity contribution in [3.63, 3.8) is 0 Å². The number of hydrogen-bond donors (Lipinski definition) is 6. The van der Waals surface area contributed by atoms with Crippen LogP contribution in [0, 0.1) is 13.8 Å². The molecule has 4 heterocycles. The van der Waals surface area contributed by atoms with Gasteiger partial charge < -0.3 is 38.9 Å². The third-order valence-electron chi connectivity index (χ3n) is 11.5. The van der Waals surface area contributed by atoms with Crippen molar-refractivity contribution < 1.29 is 66.2 Å². The zero-order valence-electron chi connectivity index (χ0n) is 37.4. The van der Waals surface area contributed by atoms with E-state index in [4.69, 9.17) is 37.0 Å². The van der Waals surface area contributed by atoms with Crippen LogP contribution in [0.1, 0.15) is 74.9 Å². The standard InChI is InChI=1S/C44H56N4O18P2/c1-27-23-47(43(53)45-41(27)51)39-21-35(37(25-49)63-39)65-67(55,56)61-15-7-3-5-13-59-33-11-9-29-18-32-20-34(12-10-30(32)17-31(29)19-33)60-14-6-4-8-16-62-68(57,58)66-36-22-40(64-38(36)26-50)48-24-28(2)42(52)46-44(48)54/h9-12,17-20,23-24,35-40,49-50H,3-8,13-16,21-22,25-26H2,1-2H3,(H,55,56)(H,57,58)(H,45,51,53)(H,46,52,54). The summed E-state index contributed by atoms with van der Waals surface area (Å²) in [7, 11) is -9.06. The molecule has 6 N–H and O–H groups in total. The lowest BCUT2D eigenvalue weighted by molar-refractivity contribution is -0.0464. The first-order valence-corrected chi connectivity index (χ1v) is 25.2. The molecule has 24 heteroatoms. The van der Waals surface area contributed by atoms with E-state index in [9.17, 15) is 48.3 Å². The highest BCUT2D eigenvalue weighted by atomic mass is 31.2. The normalized spacial score (nSPS) is 22.4. The van der Waals surface area contributed by atoms with E-state index in [-0.39, 0.29) is 37.2 Å². The van der Waals surface area contributed by atoms with Crippen LogP contribution in [0.2, 0.25) is 0 Å². The number of benzene rings is 3. The van der Waals surface area contributed by atoms with Crippen molar-refractivity contribution in [2.75, 3.05) is 39.6 Å². The van der Waals surface area contributed by atoms with Gasteiger partial charge in [0.2, 0.25) is 0 Å². The molecule has 5 aromatic rings. The minimum absolute atomic E-state index is 0.0322. The fourth-order valence-corrected chi connectivity index (χ4v) is 9.90. The number of aromatic nitrogens is 4. The summed E-state index contributed by atoms with van der Waals surface area (Å²) >= 11 is 0. The smallest absolute Gasteiger partial charge is 0.472 e. The minimum Gasteiger partial charge on any atom is -0.494 e. The molecule has 370 valence electrons. The van der Waals surface area contributed by atoms with Gasteiger partial charge in [0.15, 0.2) is 0 Å². The number of nitrogens with one attached hydrogen (secondary N) is 2. The first-order valence-electron chi connectivity index (χ1n) is 22.2. The van der Waals surface area contributed by atoms with Crippen LogP contribution in [0.4, 0.5) is 0 Å². The maximum Gasteiger partial charge on any atom is 0.472 e. The number of fused-ring (bicyclic) bond motifs is 2. The fourth-order valence-electron chi connectivity index (χ4n) is 7.93. The monoisotopic (exact) mass is 990 g/mol. The van der Waals surface area contributed by atoms with Gasteiger partial charge in [-0.05, 0) is 110 Å². The van der Waals surface area contributed by atoms with Crippen LogP contribution in [-0.4, -0.2) is 103 Å². The second-order valence-electron chi connectivity index (χ2n) is 16.6. The summed E-state index contributed by atoms with van der Waals surface area (Å²) in [6, 6.07) is 15.8. The van der Waals surface area contributed by atoms with Crippen LogP contribution in [0.15, 0.2) is 80.1 Å². The Bertz CT molecular complexity index is 2690. The molecule has 3 aromatic carbocycles. The zero-order valence-corrected chi connectivity index (χ0v) is 39.2. The van der Waals surface area contributed by atoms with Gasteiger partial charge in [-0.2, -0.15) is 0 Å². The Morgan fingerprint density at radius 2 is 0.985 bits per heavy atom. The van der Waals surface area contributed by atoms with Gasteiger partial charge in [0.1, 0.15) is 48.4 Å². The molecule has 2 aliphatic rings. The van der Waals surface area contributed by atoms with Crippen LogP contribution in [-0.2, 0) is 36.7 Å². The first kappa shape index (κ1) is 51.1. The Morgan fingerprint density at radius 3 is 1.38 bits per heavy atom. The number of aryl methyl sites for hydroxylation is 2. The van der Waals surface area contributed by atoms with Crippen molar-refractivity contribution in [2.45, 2.75) is 102 Å². The molecule has 0 bridgehead atoms. The van der Waals surface area contributed by atoms with Gasteiger partial charge in [-0.1, -0.05) is 12.1 Å². The highest BCUT2D eigenvalue weighted by Crippen LogP contribution is 2.49. The fraction of sp³-hybridized carbons (Fsp3) is 0.500. The highest BCUT2D eigenvalue weighted by molar-refractivity contribution is 7.47. The Labute approximate surface area is 388 Å². The van der Waals surface area contributed by atoms with E-state index in [2.05, 4.69) is 22.1 Å². The topological polar surface area (TPSA) is 299 Å². The van der Waals surface area contributed by atoms with Crippen LogP contribution in [0.25, 0.3) is 21.5 Å². The Hall–Kier alpha value is -4.80. The van der Waals surface area contributed by atoms with Crippen molar-refractivity contribution in [3.8, 4) is 11.5 Å². The predicted octanol–water partition coefficient (Wildman–Crippen LogP) is 4.37. The summed E-state index contributed by atoms with van der Waals surface area (Å²) in [5.74, 6) is 1.39. The third kappa shape index (κ3) is 13.3. The average Bonchev–Trinajstić information content (AvgIpc) is 3.89. The lowest BCUT2D eigenvalue weighted by Gasteiger charge is -2.19. The number of aromatic amines is 2. The predicted molar refractivity (Wildman–Crippen MR) is 245 cm³/mol. The molecule has 2 aliphatic heterocycles. The second kappa shape index (κ2) is 22.7.